The molecule has 0 aliphatic heterocycles. The second-order valence-electron chi connectivity index (χ2n) is 4.76. The number of hydrogen-bond acceptors (Lipinski definition) is 1. The molecule has 0 saturated carbocycles. The van der Waals surface area contributed by atoms with Gasteiger partial charge in [0.25, 0.3) is 0 Å². The summed E-state index contributed by atoms with van der Waals surface area (Å²) in [7, 11) is 0. The van der Waals surface area contributed by atoms with Crippen LogP contribution < -0.4 is 4.74 Å². The van der Waals surface area contributed by atoms with Gasteiger partial charge in [-0.25, -0.2) is 4.39 Å². The predicted molar refractivity (Wildman–Crippen MR) is 75.9 cm³/mol. The summed E-state index contributed by atoms with van der Waals surface area (Å²) in [5.41, 5.74) is 1.88. The molecule has 0 spiro atoms. The van der Waals surface area contributed by atoms with Gasteiger partial charge in [-0.1, -0.05) is 44.2 Å². The smallest absolute Gasteiger partial charge is 0.129 e. The van der Waals surface area contributed by atoms with Gasteiger partial charge in [0, 0.05) is 5.56 Å². The molecule has 0 fully saturated rings. The van der Waals surface area contributed by atoms with Crippen LogP contribution in [0.3, 0.4) is 0 Å². The highest BCUT2D eigenvalue weighted by Crippen LogP contribution is 2.22. The lowest BCUT2D eigenvalue weighted by Crippen LogP contribution is -1.98. The first-order chi connectivity index (χ1) is 9.20. The standard InChI is InChI=1S/C17H19FO/c1-3-13(2)14-8-10-16(11-9-14)19-12-15-6-4-5-7-17(15)18/h4-11,13H,3,12H2,1-2H3. The maximum Gasteiger partial charge on any atom is 0.129 e. The van der Waals surface area contributed by atoms with Crippen LogP contribution in [0.2, 0.25) is 0 Å². The summed E-state index contributed by atoms with van der Waals surface area (Å²) in [6, 6.07) is 14.7. The van der Waals surface area contributed by atoms with E-state index in [4.69, 9.17) is 4.74 Å². The van der Waals surface area contributed by atoms with Crippen molar-refractivity contribution >= 4 is 0 Å². The van der Waals surface area contributed by atoms with Crippen molar-refractivity contribution in [2.75, 3.05) is 0 Å². The van der Waals surface area contributed by atoms with Gasteiger partial charge in [-0.2, -0.15) is 0 Å². The molecule has 0 N–H and O–H groups in total. The molecule has 2 heteroatoms. The molecule has 1 nitrogen and oxygen atoms in total. The molecule has 0 heterocycles. The van der Waals surface area contributed by atoms with Gasteiger partial charge in [0.1, 0.15) is 18.2 Å². The average molecular weight is 258 g/mol. The lowest BCUT2D eigenvalue weighted by atomic mass is 9.99. The third-order valence-corrected chi connectivity index (χ3v) is 3.41. The molecule has 2 rings (SSSR count). The van der Waals surface area contributed by atoms with Gasteiger partial charge in [0.15, 0.2) is 0 Å². The van der Waals surface area contributed by atoms with Crippen LogP contribution in [0.15, 0.2) is 48.5 Å². The summed E-state index contributed by atoms with van der Waals surface area (Å²) in [6.45, 7) is 4.64. The van der Waals surface area contributed by atoms with Crippen LogP contribution in [0.4, 0.5) is 4.39 Å². The zero-order valence-electron chi connectivity index (χ0n) is 11.4. The Morgan fingerprint density at radius 3 is 2.37 bits per heavy atom. The minimum absolute atomic E-state index is 0.223. The highest BCUT2D eigenvalue weighted by Gasteiger charge is 2.04. The zero-order chi connectivity index (χ0) is 13.7. The first-order valence-corrected chi connectivity index (χ1v) is 6.67. The Kier molecular flexibility index (Phi) is 4.56. The largest absolute Gasteiger partial charge is 0.489 e. The van der Waals surface area contributed by atoms with E-state index in [0.717, 1.165) is 12.2 Å². The normalized spacial score (nSPS) is 12.2. The van der Waals surface area contributed by atoms with Crippen molar-refractivity contribution < 1.29 is 9.13 Å². The SMILES string of the molecule is CCC(C)c1ccc(OCc2ccccc2F)cc1. The summed E-state index contributed by atoms with van der Waals surface area (Å²) in [6.07, 6.45) is 1.12. The molecule has 1 unspecified atom stereocenters. The van der Waals surface area contributed by atoms with Crippen molar-refractivity contribution in [3.05, 3.63) is 65.5 Å². The Hall–Kier alpha value is -1.83. The number of halogens is 1. The summed E-state index contributed by atoms with van der Waals surface area (Å²) < 4.78 is 19.0. The van der Waals surface area contributed by atoms with Crippen LogP contribution in [0.5, 0.6) is 5.75 Å². The summed E-state index contributed by atoms with van der Waals surface area (Å²) in [5, 5.41) is 0. The fraction of sp³-hybridized carbons (Fsp3) is 0.294. The van der Waals surface area contributed by atoms with E-state index in [2.05, 4.69) is 26.0 Å². The molecule has 19 heavy (non-hydrogen) atoms. The highest BCUT2D eigenvalue weighted by molar-refractivity contribution is 5.29. The van der Waals surface area contributed by atoms with E-state index in [9.17, 15) is 4.39 Å². The molecule has 1 atom stereocenters. The van der Waals surface area contributed by atoms with Gasteiger partial charge >= 0.3 is 0 Å². The maximum atomic E-state index is 13.4. The molecule has 0 aromatic heterocycles. The second-order valence-corrected chi connectivity index (χ2v) is 4.76. The molecule has 2 aromatic rings. The number of hydrogen-bond donors (Lipinski definition) is 0. The molecular formula is C17H19FO. The minimum Gasteiger partial charge on any atom is -0.489 e. The van der Waals surface area contributed by atoms with Crippen molar-refractivity contribution in [2.24, 2.45) is 0 Å². The topological polar surface area (TPSA) is 9.23 Å². The Morgan fingerprint density at radius 2 is 1.74 bits per heavy atom. The highest BCUT2D eigenvalue weighted by atomic mass is 19.1. The molecule has 0 radical (unpaired) electrons. The van der Waals surface area contributed by atoms with E-state index in [-0.39, 0.29) is 12.4 Å². The van der Waals surface area contributed by atoms with E-state index in [1.165, 1.54) is 11.6 Å². The zero-order valence-corrected chi connectivity index (χ0v) is 11.4. The fourth-order valence-corrected chi connectivity index (χ4v) is 1.90. The average Bonchev–Trinajstić information content (AvgIpc) is 2.46. The van der Waals surface area contributed by atoms with E-state index >= 15 is 0 Å². The molecule has 0 saturated heterocycles. The third-order valence-electron chi connectivity index (χ3n) is 3.41. The Labute approximate surface area is 114 Å². The Bertz CT molecular complexity index is 519. The molecule has 0 aliphatic rings. The van der Waals surface area contributed by atoms with Crippen LogP contribution in [0, 0.1) is 5.82 Å². The summed E-state index contributed by atoms with van der Waals surface area (Å²) in [4.78, 5) is 0. The lowest BCUT2D eigenvalue weighted by molar-refractivity contribution is 0.299. The number of benzene rings is 2. The molecule has 100 valence electrons. The minimum atomic E-state index is -0.223. The second kappa shape index (κ2) is 6.37. The van der Waals surface area contributed by atoms with E-state index in [1.807, 2.05) is 18.2 Å². The Morgan fingerprint density at radius 1 is 1.05 bits per heavy atom. The summed E-state index contributed by atoms with van der Waals surface area (Å²) in [5.74, 6) is 1.11. The van der Waals surface area contributed by atoms with Crippen molar-refractivity contribution in [1.29, 1.82) is 0 Å². The molecule has 2 aromatic carbocycles. The first-order valence-electron chi connectivity index (χ1n) is 6.67. The van der Waals surface area contributed by atoms with Crippen molar-refractivity contribution in [3.63, 3.8) is 0 Å². The first kappa shape index (κ1) is 13.6. The summed E-state index contributed by atoms with van der Waals surface area (Å²) >= 11 is 0. The predicted octanol–water partition coefficient (Wildman–Crippen LogP) is 4.92. The van der Waals surface area contributed by atoms with Crippen LogP contribution in [-0.2, 0) is 6.61 Å². The van der Waals surface area contributed by atoms with Crippen LogP contribution in [0.25, 0.3) is 0 Å². The monoisotopic (exact) mass is 258 g/mol. The van der Waals surface area contributed by atoms with E-state index in [0.29, 0.717) is 11.5 Å². The van der Waals surface area contributed by atoms with E-state index < -0.39 is 0 Å². The number of ether oxygens (including phenoxy) is 1. The van der Waals surface area contributed by atoms with Crippen LogP contribution in [-0.4, -0.2) is 0 Å². The fourth-order valence-electron chi connectivity index (χ4n) is 1.90. The Balaban J connectivity index is 1.99. The van der Waals surface area contributed by atoms with Gasteiger partial charge in [-0.15, -0.1) is 0 Å². The van der Waals surface area contributed by atoms with Gasteiger partial charge < -0.3 is 4.74 Å². The van der Waals surface area contributed by atoms with Gasteiger partial charge in [0.05, 0.1) is 0 Å². The quantitative estimate of drug-likeness (QED) is 0.739. The van der Waals surface area contributed by atoms with Gasteiger partial charge in [-0.3, -0.25) is 0 Å². The van der Waals surface area contributed by atoms with Gasteiger partial charge in [0.2, 0.25) is 0 Å². The van der Waals surface area contributed by atoms with Crippen molar-refractivity contribution in [3.8, 4) is 5.75 Å². The third kappa shape index (κ3) is 3.57. The van der Waals surface area contributed by atoms with Gasteiger partial charge in [-0.05, 0) is 36.1 Å². The van der Waals surface area contributed by atoms with E-state index in [1.54, 1.807) is 12.1 Å². The van der Waals surface area contributed by atoms with Crippen LogP contribution >= 0.6 is 0 Å². The number of rotatable bonds is 5. The lowest BCUT2D eigenvalue weighted by Gasteiger charge is -2.11. The maximum absolute atomic E-state index is 13.4. The molecular weight excluding hydrogens is 239 g/mol. The molecule has 0 amide bonds. The molecule has 0 bridgehead atoms. The molecule has 0 aliphatic carbocycles. The van der Waals surface area contributed by atoms with Crippen molar-refractivity contribution in [2.45, 2.75) is 32.8 Å². The van der Waals surface area contributed by atoms with Crippen molar-refractivity contribution in [1.82, 2.24) is 0 Å². The van der Waals surface area contributed by atoms with Crippen LogP contribution in [0.1, 0.15) is 37.3 Å².